The summed E-state index contributed by atoms with van der Waals surface area (Å²) in [7, 11) is 0. The van der Waals surface area contributed by atoms with E-state index < -0.39 is 0 Å². The lowest BCUT2D eigenvalue weighted by atomic mass is 10.1. The van der Waals surface area contributed by atoms with Crippen LogP contribution in [-0.4, -0.2) is 15.9 Å². The van der Waals surface area contributed by atoms with Crippen molar-refractivity contribution in [2.45, 2.75) is 27.7 Å². The monoisotopic (exact) mass is 311 g/mol. The average molecular weight is 311 g/mol. The van der Waals surface area contributed by atoms with Gasteiger partial charge in [0.1, 0.15) is 0 Å². The van der Waals surface area contributed by atoms with E-state index in [4.69, 9.17) is 0 Å². The lowest BCUT2D eigenvalue weighted by molar-refractivity contribution is 0.102. The number of benzene rings is 1. The highest BCUT2D eigenvalue weighted by Gasteiger charge is 2.12. The number of hydrogen-bond acceptors (Lipinski definition) is 4. The van der Waals surface area contributed by atoms with Crippen LogP contribution < -0.4 is 5.32 Å². The minimum absolute atomic E-state index is 0.139. The standard InChI is InChI=1S/C17H17N3OS/c1-9-5-10(2)7-13(6-9)16(21)20-17-19-15-14(22-17)11(3)8-12(4)18-15/h5-8H,1-4H3,(H,18,19,20,21). The molecule has 2 heterocycles. The highest BCUT2D eigenvalue weighted by Crippen LogP contribution is 2.28. The fourth-order valence-electron chi connectivity index (χ4n) is 2.55. The van der Waals surface area contributed by atoms with Gasteiger partial charge in [-0.15, -0.1) is 0 Å². The fraction of sp³-hybridized carbons (Fsp3) is 0.235. The second-order valence-corrected chi connectivity index (χ2v) is 6.58. The van der Waals surface area contributed by atoms with E-state index in [1.54, 1.807) is 0 Å². The second-order valence-electron chi connectivity index (χ2n) is 5.58. The van der Waals surface area contributed by atoms with Crippen molar-refractivity contribution in [1.82, 2.24) is 9.97 Å². The first kappa shape index (κ1) is 14.7. The number of rotatable bonds is 2. The van der Waals surface area contributed by atoms with E-state index in [0.29, 0.717) is 16.3 Å². The molecule has 0 radical (unpaired) electrons. The van der Waals surface area contributed by atoms with Crippen LogP contribution in [0.2, 0.25) is 0 Å². The molecule has 0 saturated carbocycles. The zero-order valence-electron chi connectivity index (χ0n) is 13.0. The van der Waals surface area contributed by atoms with E-state index in [9.17, 15) is 4.79 Å². The van der Waals surface area contributed by atoms with Gasteiger partial charge >= 0.3 is 0 Å². The van der Waals surface area contributed by atoms with Crippen LogP contribution >= 0.6 is 11.3 Å². The third-order valence-corrected chi connectivity index (χ3v) is 4.47. The van der Waals surface area contributed by atoms with E-state index in [1.165, 1.54) is 11.3 Å². The number of pyridine rings is 1. The van der Waals surface area contributed by atoms with Crippen LogP contribution in [0, 0.1) is 27.7 Å². The summed E-state index contributed by atoms with van der Waals surface area (Å²) in [5, 5.41) is 3.46. The molecule has 0 unspecified atom stereocenters. The van der Waals surface area contributed by atoms with Gasteiger partial charge in [0.25, 0.3) is 5.91 Å². The Labute approximate surface area is 133 Å². The molecule has 5 heteroatoms. The number of aromatic nitrogens is 2. The van der Waals surface area contributed by atoms with Gasteiger partial charge in [0.05, 0.1) is 4.70 Å². The molecule has 3 aromatic rings. The van der Waals surface area contributed by atoms with Crippen LogP contribution in [0.3, 0.4) is 0 Å². The van der Waals surface area contributed by atoms with E-state index in [0.717, 1.165) is 27.1 Å². The molecule has 3 rings (SSSR count). The maximum absolute atomic E-state index is 12.4. The van der Waals surface area contributed by atoms with Crippen molar-refractivity contribution < 1.29 is 4.79 Å². The summed E-state index contributed by atoms with van der Waals surface area (Å²) in [6.07, 6.45) is 0. The third kappa shape index (κ3) is 2.85. The minimum Gasteiger partial charge on any atom is -0.298 e. The Kier molecular flexibility index (Phi) is 3.66. The molecule has 112 valence electrons. The van der Waals surface area contributed by atoms with Gasteiger partial charge < -0.3 is 0 Å². The van der Waals surface area contributed by atoms with Crippen LogP contribution in [-0.2, 0) is 0 Å². The van der Waals surface area contributed by atoms with E-state index in [-0.39, 0.29) is 5.91 Å². The summed E-state index contributed by atoms with van der Waals surface area (Å²) < 4.78 is 1.02. The second kappa shape index (κ2) is 5.50. The molecule has 0 aliphatic rings. The number of carbonyl (C=O) groups is 1. The minimum atomic E-state index is -0.139. The Bertz CT molecular complexity index is 863. The molecule has 4 nitrogen and oxygen atoms in total. The number of aryl methyl sites for hydroxylation is 4. The molecule has 22 heavy (non-hydrogen) atoms. The summed E-state index contributed by atoms with van der Waals surface area (Å²) >= 11 is 1.46. The average Bonchev–Trinajstić information content (AvgIpc) is 2.80. The lowest BCUT2D eigenvalue weighted by Gasteiger charge is -2.04. The predicted octanol–water partition coefficient (Wildman–Crippen LogP) is 4.18. The zero-order chi connectivity index (χ0) is 15.9. The molecule has 0 aliphatic heterocycles. The van der Waals surface area contributed by atoms with E-state index in [2.05, 4.69) is 15.3 Å². The van der Waals surface area contributed by atoms with Gasteiger partial charge in [0.15, 0.2) is 10.8 Å². The smallest absolute Gasteiger partial charge is 0.257 e. The summed E-state index contributed by atoms with van der Waals surface area (Å²) in [4.78, 5) is 21.2. The van der Waals surface area contributed by atoms with Crippen LogP contribution in [0.4, 0.5) is 5.13 Å². The van der Waals surface area contributed by atoms with E-state index in [1.807, 2.05) is 52.0 Å². The zero-order valence-corrected chi connectivity index (χ0v) is 13.8. The number of nitrogens with one attached hydrogen (secondary N) is 1. The van der Waals surface area contributed by atoms with Crippen LogP contribution in [0.1, 0.15) is 32.7 Å². The molecule has 0 bridgehead atoms. The number of thiazole rings is 1. The number of amides is 1. The highest BCUT2D eigenvalue weighted by atomic mass is 32.1. The Morgan fingerprint density at radius 1 is 1.00 bits per heavy atom. The largest absolute Gasteiger partial charge is 0.298 e. The van der Waals surface area contributed by atoms with Gasteiger partial charge in [-0.1, -0.05) is 28.5 Å². The Hall–Kier alpha value is -2.27. The molecule has 1 amide bonds. The summed E-state index contributed by atoms with van der Waals surface area (Å²) in [5.41, 5.74) is 5.55. The van der Waals surface area contributed by atoms with Gasteiger partial charge in [-0.25, -0.2) is 4.98 Å². The van der Waals surface area contributed by atoms with Crippen molar-refractivity contribution in [2.24, 2.45) is 0 Å². The number of fused-ring (bicyclic) bond motifs is 1. The summed E-state index contributed by atoms with van der Waals surface area (Å²) in [5.74, 6) is -0.139. The van der Waals surface area contributed by atoms with Crippen molar-refractivity contribution in [3.63, 3.8) is 0 Å². The van der Waals surface area contributed by atoms with Crippen molar-refractivity contribution in [2.75, 3.05) is 5.32 Å². The molecule has 0 atom stereocenters. The topological polar surface area (TPSA) is 54.9 Å². The number of carbonyl (C=O) groups excluding carboxylic acids is 1. The van der Waals surface area contributed by atoms with Gasteiger partial charge in [-0.2, -0.15) is 4.98 Å². The Morgan fingerprint density at radius 2 is 1.68 bits per heavy atom. The molecule has 2 aromatic heterocycles. The van der Waals surface area contributed by atoms with Crippen molar-refractivity contribution in [3.05, 3.63) is 52.2 Å². The van der Waals surface area contributed by atoms with Crippen LogP contribution in [0.25, 0.3) is 10.3 Å². The normalized spacial score (nSPS) is 10.9. The Balaban J connectivity index is 1.92. The van der Waals surface area contributed by atoms with Gasteiger partial charge in [0, 0.05) is 11.3 Å². The first-order valence-electron chi connectivity index (χ1n) is 7.07. The molecular formula is C17H17N3OS. The van der Waals surface area contributed by atoms with Gasteiger partial charge in [-0.05, 0) is 51.5 Å². The van der Waals surface area contributed by atoms with Gasteiger partial charge in [-0.3, -0.25) is 10.1 Å². The number of hydrogen-bond donors (Lipinski definition) is 1. The predicted molar refractivity (Wildman–Crippen MR) is 90.8 cm³/mol. The Morgan fingerprint density at radius 3 is 2.36 bits per heavy atom. The molecule has 0 saturated heterocycles. The van der Waals surface area contributed by atoms with Crippen molar-refractivity contribution in [1.29, 1.82) is 0 Å². The van der Waals surface area contributed by atoms with Crippen molar-refractivity contribution >= 4 is 32.7 Å². The maximum atomic E-state index is 12.4. The molecule has 0 aliphatic carbocycles. The first-order valence-corrected chi connectivity index (χ1v) is 7.88. The SMILES string of the molecule is Cc1cc(C)cc(C(=O)Nc2nc3nc(C)cc(C)c3s2)c1. The first-order chi connectivity index (χ1) is 10.4. The fourth-order valence-corrected chi connectivity index (χ4v) is 3.42. The number of anilines is 1. The van der Waals surface area contributed by atoms with Crippen LogP contribution in [0.5, 0.6) is 0 Å². The third-order valence-electron chi connectivity index (χ3n) is 3.38. The quantitative estimate of drug-likeness (QED) is 0.772. The van der Waals surface area contributed by atoms with Gasteiger partial charge in [0.2, 0.25) is 0 Å². The lowest BCUT2D eigenvalue weighted by Crippen LogP contribution is -2.12. The van der Waals surface area contributed by atoms with E-state index >= 15 is 0 Å². The maximum Gasteiger partial charge on any atom is 0.257 e. The molecule has 1 N–H and O–H groups in total. The highest BCUT2D eigenvalue weighted by molar-refractivity contribution is 7.22. The molecule has 1 aromatic carbocycles. The molecule has 0 fully saturated rings. The number of nitrogens with zero attached hydrogens (tertiary/aromatic N) is 2. The van der Waals surface area contributed by atoms with Crippen LogP contribution in [0.15, 0.2) is 24.3 Å². The van der Waals surface area contributed by atoms with Crippen molar-refractivity contribution in [3.8, 4) is 0 Å². The molecular weight excluding hydrogens is 294 g/mol. The summed E-state index contributed by atoms with van der Waals surface area (Å²) in [6.45, 7) is 7.94. The summed E-state index contributed by atoms with van der Waals surface area (Å²) in [6, 6.07) is 7.83. The molecule has 0 spiro atoms.